The lowest BCUT2D eigenvalue weighted by Gasteiger charge is -2.24. The fourth-order valence-corrected chi connectivity index (χ4v) is 3.85. The van der Waals surface area contributed by atoms with E-state index < -0.39 is 0 Å². The van der Waals surface area contributed by atoms with Crippen LogP contribution in [-0.2, 0) is 11.3 Å². The molecule has 3 heterocycles. The summed E-state index contributed by atoms with van der Waals surface area (Å²) in [6.07, 6.45) is 3.37. The number of pyridine rings is 1. The third-order valence-corrected chi connectivity index (χ3v) is 5.22. The first-order chi connectivity index (χ1) is 13.5. The Hall–Kier alpha value is -2.86. The van der Waals surface area contributed by atoms with Gasteiger partial charge in [0.2, 0.25) is 0 Å². The first-order valence-corrected chi connectivity index (χ1v) is 9.59. The Morgan fingerprint density at radius 2 is 2.14 bits per heavy atom. The minimum absolute atomic E-state index is 0.0113. The molecule has 2 aromatic heterocycles. The molecular formula is C22H24N2O4. The summed E-state index contributed by atoms with van der Waals surface area (Å²) in [4.78, 5) is 30.3. The molecule has 28 heavy (non-hydrogen) atoms. The van der Waals surface area contributed by atoms with Gasteiger partial charge in [-0.15, -0.1) is 0 Å². The number of furan rings is 1. The Kier molecular flexibility index (Phi) is 5.05. The summed E-state index contributed by atoms with van der Waals surface area (Å²) in [6, 6.07) is 9.27. The fraction of sp³-hybridized carbons (Fsp3) is 0.364. The molecule has 0 bridgehead atoms. The number of rotatable bonds is 5. The first-order valence-electron chi connectivity index (χ1n) is 9.59. The van der Waals surface area contributed by atoms with Gasteiger partial charge in [-0.25, -0.2) is 0 Å². The van der Waals surface area contributed by atoms with Gasteiger partial charge in [0.1, 0.15) is 0 Å². The summed E-state index contributed by atoms with van der Waals surface area (Å²) in [5, 5.41) is 0.989. The number of ether oxygens (including phenoxy) is 1. The summed E-state index contributed by atoms with van der Waals surface area (Å²) < 4.78 is 11.0. The number of H-pyrrole nitrogens is 1. The van der Waals surface area contributed by atoms with Gasteiger partial charge in [-0.1, -0.05) is 6.07 Å². The Morgan fingerprint density at radius 3 is 2.86 bits per heavy atom. The van der Waals surface area contributed by atoms with Crippen LogP contribution in [0, 0.1) is 13.8 Å². The van der Waals surface area contributed by atoms with Crippen LogP contribution in [0.5, 0.6) is 0 Å². The molecule has 1 unspecified atom stereocenters. The number of hydrogen-bond acceptors (Lipinski definition) is 4. The maximum atomic E-state index is 12.9. The highest BCUT2D eigenvalue weighted by atomic mass is 16.5. The van der Waals surface area contributed by atoms with Crippen molar-refractivity contribution in [3.05, 3.63) is 69.4 Å². The number of nitrogens with zero attached hydrogens (tertiary/aromatic N) is 1. The smallest absolute Gasteiger partial charge is 0.289 e. The largest absolute Gasteiger partial charge is 0.459 e. The average molecular weight is 380 g/mol. The fourth-order valence-electron chi connectivity index (χ4n) is 3.85. The first kappa shape index (κ1) is 18.5. The average Bonchev–Trinajstić information content (AvgIpc) is 3.35. The summed E-state index contributed by atoms with van der Waals surface area (Å²) in [5.74, 6) is 0.0302. The minimum atomic E-state index is -0.236. The summed E-state index contributed by atoms with van der Waals surface area (Å²) in [7, 11) is 0. The standard InChI is InChI=1S/C22H24N2O4/c1-14-9-15(2)18-11-16(21(25)23-19(18)10-14)12-24(13-17-5-3-7-27-17)22(26)20-6-4-8-28-20/h4,6,8-11,17H,3,5,7,12-13H2,1-2H3,(H,23,25). The lowest BCUT2D eigenvalue weighted by atomic mass is 10.0. The quantitative estimate of drug-likeness (QED) is 0.734. The third kappa shape index (κ3) is 3.73. The molecule has 1 N–H and O–H groups in total. The SMILES string of the molecule is Cc1cc(C)c2cc(CN(CC3CCCO3)C(=O)c3ccco3)c(=O)[nH]c2c1. The van der Waals surface area contributed by atoms with Gasteiger partial charge in [0.05, 0.1) is 18.9 Å². The topological polar surface area (TPSA) is 75.5 Å². The van der Waals surface area contributed by atoms with Crippen LogP contribution in [0.2, 0.25) is 0 Å². The number of carbonyl (C=O) groups is 1. The van der Waals surface area contributed by atoms with E-state index in [-0.39, 0.29) is 29.9 Å². The second-order valence-electron chi connectivity index (χ2n) is 7.46. The number of aromatic nitrogens is 1. The van der Waals surface area contributed by atoms with E-state index in [9.17, 15) is 9.59 Å². The van der Waals surface area contributed by atoms with E-state index in [0.717, 1.165) is 34.9 Å². The number of benzene rings is 1. The summed E-state index contributed by atoms with van der Waals surface area (Å²) in [5.41, 5.74) is 3.38. The van der Waals surface area contributed by atoms with Crippen molar-refractivity contribution < 1.29 is 13.9 Å². The molecule has 4 rings (SSSR count). The molecule has 1 aliphatic heterocycles. The molecule has 6 heteroatoms. The predicted molar refractivity (Wildman–Crippen MR) is 106 cm³/mol. The zero-order valence-corrected chi connectivity index (χ0v) is 16.2. The molecule has 0 aliphatic carbocycles. The minimum Gasteiger partial charge on any atom is -0.459 e. The summed E-state index contributed by atoms with van der Waals surface area (Å²) in [6.45, 7) is 5.38. The molecule has 1 fully saturated rings. The highest BCUT2D eigenvalue weighted by molar-refractivity contribution is 5.91. The monoisotopic (exact) mass is 380 g/mol. The van der Waals surface area contributed by atoms with E-state index in [0.29, 0.717) is 18.7 Å². The highest BCUT2D eigenvalue weighted by Crippen LogP contribution is 2.21. The molecule has 1 aromatic carbocycles. The molecule has 146 valence electrons. The lowest BCUT2D eigenvalue weighted by molar-refractivity contribution is 0.0483. The number of nitrogens with one attached hydrogen (secondary N) is 1. The molecule has 3 aromatic rings. The maximum absolute atomic E-state index is 12.9. The van der Waals surface area contributed by atoms with Crippen molar-refractivity contribution in [2.24, 2.45) is 0 Å². The number of amides is 1. The van der Waals surface area contributed by atoms with Gasteiger partial charge in [0.25, 0.3) is 11.5 Å². The van der Waals surface area contributed by atoms with Gasteiger partial charge in [-0.3, -0.25) is 9.59 Å². The van der Waals surface area contributed by atoms with Gasteiger partial charge < -0.3 is 19.0 Å². The predicted octanol–water partition coefficient (Wildman–Crippen LogP) is 3.56. The van der Waals surface area contributed by atoms with Gasteiger partial charge >= 0.3 is 0 Å². The highest BCUT2D eigenvalue weighted by Gasteiger charge is 2.25. The molecule has 0 radical (unpaired) electrons. The molecule has 1 atom stereocenters. The van der Waals surface area contributed by atoms with E-state index >= 15 is 0 Å². The third-order valence-electron chi connectivity index (χ3n) is 5.22. The van der Waals surface area contributed by atoms with Gasteiger partial charge in [0, 0.05) is 29.6 Å². The number of aromatic amines is 1. The van der Waals surface area contributed by atoms with Crippen LogP contribution < -0.4 is 5.56 Å². The van der Waals surface area contributed by atoms with Crippen molar-refractivity contribution >= 4 is 16.8 Å². The van der Waals surface area contributed by atoms with Crippen molar-refractivity contribution in [2.75, 3.05) is 13.2 Å². The normalized spacial score (nSPS) is 16.6. The second-order valence-corrected chi connectivity index (χ2v) is 7.46. The van der Waals surface area contributed by atoms with Crippen LogP contribution in [0.1, 0.15) is 40.1 Å². The molecular weight excluding hydrogens is 356 g/mol. The second kappa shape index (κ2) is 7.64. The van der Waals surface area contributed by atoms with E-state index in [2.05, 4.69) is 11.1 Å². The van der Waals surface area contributed by atoms with E-state index in [1.165, 1.54) is 6.26 Å². The van der Waals surface area contributed by atoms with Gasteiger partial charge in [-0.2, -0.15) is 0 Å². The van der Waals surface area contributed by atoms with E-state index in [1.54, 1.807) is 17.0 Å². The van der Waals surface area contributed by atoms with Crippen LogP contribution in [0.15, 0.2) is 45.8 Å². The molecule has 0 spiro atoms. The van der Waals surface area contributed by atoms with Crippen LogP contribution >= 0.6 is 0 Å². The van der Waals surface area contributed by atoms with Crippen molar-refractivity contribution in [3.8, 4) is 0 Å². The van der Waals surface area contributed by atoms with Crippen LogP contribution in [0.3, 0.4) is 0 Å². The van der Waals surface area contributed by atoms with Crippen molar-refractivity contribution in [2.45, 2.75) is 39.3 Å². The molecule has 0 saturated carbocycles. The molecule has 6 nitrogen and oxygen atoms in total. The molecule has 1 amide bonds. The lowest BCUT2D eigenvalue weighted by Crippen LogP contribution is -2.38. The van der Waals surface area contributed by atoms with Crippen molar-refractivity contribution in [3.63, 3.8) is 0 Å². The Morgan fingerprint density at radius 1 is 1.29 bits per heavy atom. The Balaban J connectivity index is 1.68. The van der Waals surface area contributed by atoms with E-state index in [4.69, 9.17) is 9.15 Å². The Bertz CT molecular complexity index is 1050. The van der Waals surface area contributed by atoms with Gasteiger partial charge in [0.15, 0.2) is 5.76 Å². The number of aryl methyl sites for hydroxylation is 2. The zero-order chi connectivity index (χ0) is 19.7. The van der Waals surface area contributed by atoms with E-state index in [1.807, 2.05) is 26.0 Å². The zero-order valence-electron chi connectivity index (χ0n) is 16.2. The van der Waals surface area contributed by atoms with Crippen LogP contribution in [0.25, 0.3) is 10.9 Å². The number of fused-ring (bicyclic) bond motifs is 1. The van der Waals surface area contributed by atoms with Crippen molar-refractivity contribution in [1.82, 2.24) is 9.88 Å². The van der Waals surface area contributed by atoms with Crippen LogP contribution in [0.4, 0.5) is 0 Å². The van der Waals surface area contributed by atoms with Gasteiger partial charge in [-0.05, 0) is 62.1 Å². The molecule has 1 aliphatic rings. The molecule has 1 saturated heterocycles. The number of carbonyl (C=O) groups excluding carboxylic acids is 1. The summed E-state index contributed by atoms with van der Waals surface area (Å²) >= 11 is 0. The van der Waals surface area contributed by atoms with Crippen molar-refractivity contribution in [1.29, 1.82) is 0 Å². The maximum Gasteiger partial charge on any atom is 0.289 e. The Labute approximate surface area is 163 Å². The number of hydrogen-bond donors (Lipinski definition) is 1. The van der Waals surface area contributed by atoms with Crippen LogP contribution in [-0.4, -0.2) is 35.0 Å².